The zero-order valence-electron chi connectivity index (χ0n) is 13.0. The Morgan fingerprint density at radius 1 is 1.26 bits per heavy atom. The van der Waals surface area contributed by atoms with Crippen molar-refractivity contribution < 1.29 is 14.2 Å². The van der Waals surface area contributed by atoms with Gasteiger partial charge < -0.3 is 19.9 Å². The topological polar surface area (TPSA) is 106 Å². The Labute approximate surface area is 133 Å². The number of allylic oxidation sites excluding steroid dienone is 1. The zero-order valence-corrected chi connectivity index (χ0v) is 13.0. The molecule has 1 atom stereocenters. The number of nitrogens with two attached hydrogens (primary N) is 1. The molecule has 0 amide bonds. The van der Waals surface area contributed by atoms with Crippen molar-refractivity contribution in [3.05, 3.63) is 46.5 Å². The highest BCUT2D eigenvalue weighted by molar-refractivity contribution is 5.57. The molecule has 118 valence electrons. The third-order valence-corrected chi connectivity index (χ3v) is 3.84. The van der Waals surface area contributed by atoms with Crippen molar-refractivity contribution in [3.8, 4) is 23.4 Å². The molecule has 3 N–H and O–H groups in total. The lowest BCUT2D eigenvalue weighted by atomic mass is 9.84. The molecule has 1 aromatic carbocycles. The second-order valence-corrected chi connectivity index (χ2v) is 5.14. The van der Waals surface area contributed by atoms with Gasteiger partial charge in [-0.15, -0.1) is 5.10 Å². The molecule has 7 nitrogen and oxygen atoms in total. The van der Waals surface area contributed by atoms with Gasteiger partial charge in [0.1, 0.15) is 23.1 Å². The predicted octanol–water partition coefficient (Wildman–Crippen LogP) is 1.95. The summed E-state index contributed by atoms with van der Waals surface area (Å²) in [5.41, 5.74) is 8.64. The Hall–Kier alpha value is -3.14. The van der Waals surface area contributed by atoms with Crippen molar-refractivity contribution in [1.82, 2.24) is 10.2 Å². The number of nitrogens with zero attached hydrogens (tertiary/aromatic N) is 2. The van der Waals surface area contributed by atoms with Crippen LogP contribution in [-0.4, -0.2) is 24.4 Å². The third-order valence-electron chi connectivity index (χ3n) is 3.84. The number of rotatable bonds is 3. The highest BCUT2D eigenvalue weighted by Crippen LogP contribution is 2.44. The molecule has 2 aromatic rings. The number of aromatic nitrogens is 2. The van der Waals surface area contributed by atoms with Crippen LogP contribution in [0.25, 0.3) is 0 Å². The lowest BCUT2D eigenvalue weighted by molar-refractivity contribution is 0.377. The molecular weight excluding hydrogens is 296 g/mol. The van der Waals surface area contributed by atoms with E-state index < -0.39 is 5.92 Å². The molecule has 0 aliphatic carbocycles. The molecule has 0 fully saturated rings. The average Bonchev–Trinajstić information content (AvgIpc) is 2.93. The van der Waals surface area contributed by atoms with Crippen molar-refractivity contribution in [2.75, 3.05) is 14.2 Å². The Bertz CT molecular complexity index is 810. The maximum absolute atomic E-state index is 9.54. The first-order chi connectivity index (χ1) is 11.1. The van der Waals surface area contributed by atoms with Gasteiger partial charge in [-0.25, -0.2) is 0 Å². The van der Waals surface area contributed by atoms with Gasteiger partial charge in [-0.3, -0.25) is 5.10 Å². The van der Waals surface area contributed by atoms with E-state index in [1.54, 1.807) is 20.3 Å². The number of H-pyrrole nitrogens is 1. The fourth-order valence-electron chi connectivity index (χ4n) is 2.73. The minimum atomic E-state index is -0.397. The molecule has 0 spiro atoms. The predicted molar refractivity (Wildman–Crippen MR) is 82.2 cm³/mol. The van der Waals surface area contributed by atoms with Gasteiger partial charge in [-0.1, -0.05) is 0 Å². The second kappa shape index (κ2) is 5.57. The summed E-state index contributed by atoms with van der Waals surface area (Å²) >= 11 is 0. The minimum Gasteiger partial charge on any atom is -0.497 e. The van der Waals surface area contributed by atoms with Crippen molar-refractivity contribution in [1.29, 1.82) is 5.26 Å². The summed E-state index contributed by atoms with van der Waals surface area (Å²) in [6.45, 7) is 1.87. The summed E-state index contributed by atoms with van der Waals surface area (Å²) in [7, 11) is 3.15. The number of ether oxygens (including phenoxy) is 3. The molecule has 3 rings (SSSR count). The fraction of sp³-hybridized carbons (Fsp3) is 0.250. The van der Waals surface area contributed by atoms with Crippen LogP contribution in [-0.2, 0) is 0 Å². The maximum Gasteiger partial charge on any atom is 0.244 e. The van der Waals surface area contributed by atoms with E-state index in [-0.39, 0.29) is 5.88 Å². The van der Waals surface area contributed by atoms with Crippen LogP contribution in [0.4, 0.5) is 0 Å². The number of aryl methyl sites for hydroxylation is 1. The largest absolute Gasteiger partial charge is 0.497 e. The Balaban J connectivity index is 2.24. The van der Waals surface area contributed by atoms with Crippen LogP contribution in [0.5, 0.6) is 17.4 Å². The molecule has 2 heterocycles. The van der Waals surface area contributed by atoms with Crippen LogP contribution in [0.1, 0.15) is 22.7 Å². The molecule has 0 saturated carbocycles. The number of hydrogen-bond acceptors (Lipinski definition) is 6. The summed E-state index contributed by atoms with van der Waals surface area (Å²) < 4.78 is 16.1. The lowest BCUT2D eigenvalue weighted by Crippen LogP contribution is -2.21. The van der Waals surface area contributed by atoms with Gasteiger partial charge in [-0.05, 0) is 24.6 Å². The van der Waals surface area contributed by atoms with Gasteiger partial charge in [0, 0.05) is 17.3 Å². The van der Waals surface area contributed by atoms with Gasteiger partial charge in [0.05, 0.1) is 20.1 Å². The number of fused-ring (bicyclic) bond motifs is 1. The first-order valence-electron chi connectivity index (χ1n) is 6.94. The summed E-state index contributed by atoms with van der Waals surface area (Å²) in [6.07, 6.45) is 0. The van der Waals surface area contributed by atoms with Crippen molar-refractivity contribution in [2.45, 2.75) is 12.8 Å². The van der Waals surface area contributed by atoms with E-state index >= 15 is 0 Å². The molecule has 0 saturated heterocycles. The van der Waals surface area contributed by atoms with Gasteiger partial charge in [0.25, 0.3) is 0 Å². The monoisotopic (exact) mass is 312 g/mol. The highest BCUT2D eigenvalue weighted by atomic mass is 16.5. The Morgan fingerprint density at radius 2 is 1.91 bits per heavy atom. The average molecular weight is 312 g/mol. The summed E-state index contributed by atoms with van der Waals surface area (Å²) in [4.78, 5) is 0. The fourth-order valence-corrected chi connectivity index (χ4v) is 2.73. The normalized spacial score (nSPS) is 16.3. The van der Waals surface area contributed by atoms with Gasteiger partial charge in [0.15, 0.2) is 0 Å². The summed E-state index contributed by atoms with van der Waals surface area (Å²) in [5, 5.41) is 16.5. The number of benzene rings is 1. The number of aromatic amines is 1. The van der Waals surface area contributed by atoms with Crippen LogP contribution in [0.3, 0.4) is 0 Å². The van der Waals surface area contributed by atoms with Crippen molar-refractivity contribution >= 4 is 0 Å². The molecular formula is C16H16N4O3. The van der Waals surface area contributed by atoms with Crippen molar-refractivity contribution in [3.63, 3.8) is 0 Å². The number of nitrogens with one attached hydrogen (secondary N) is 1. The molecule has 7 heteroatoms. The molecule has 0 unspecified atom stereocenters. The summed E-state index contributed by atoms with van der Waals surface area (Å²) in [5.74, 6) is 1.30. The van der Waals surface area contributed by atoms with Gasteiger partial charge in [0.2, 0.25) is 11.8 Å². The SMILES string of the molecule is COc1cc(OC)cc([C@H]2C(C#N)=C(N)Oc3n[nH]c(C)c32)c1. The standard InChI is InChI=1S/C16H16N4O3/c1-8-13-14(9-4-10(21-2)6-11(5-9)22-3)12(7-17)15(18)23-16(13)20-19-8/h4-6,14H,18H2,1-3H3,(H,19,20)/t14-/m0/s1. The Kier molecular flexibility index (Phi) is 3.58. The van der Waals surface area contributed by atoms with Crippen LogP contribution in [0.15, 0.2) is 29.7 Å². The van der Waals surface area contributed by atoms with Crippen LogP contribution in [0, 0.1) is 18.3 Å². The molecule has 1 aromatic heterocycles. The first kappa shape index (κ1) is 14.8. The van der Waals surface area contributed by atoms with Crippen LogP contribution in [0.2, 0.25) is 0 Å². The molecule has 1 aliphatic rings. The van der Waals surface area contributed by atoms with E-state index in [1.165, 1.54) is 0 Å². The molecule has 1 aliphatic heterocycles. The molecule has 0 bridgehead atoms. The quantitative estimate of drug-likeness (QED) is 0.897. The molecule has 0 radical (unpaired) electrons. The summed E-state index contributed by atoms with van der Waals surface area (Å²) in [6, 6.07) is 7.60. The van der Waals surface area contributed by atoms with Crippen LogP contribution < -0.4 is 19.9 Å². The van der Waals surface area contributed by atoms with E-state index in [0.29, 0.717) is 23.0 Å². The minimum absolute atomic E-state index is 0.0540. The van der Waals surface area contributed by atoms with Crippen molar-refractivity contribution in [2.24, 2.45) is 5.73 Å². The van der Waals surface area contributed by atoms with E-state index in [9.17, 15) is 5.26 Å². The smallest absolute Gasteiger partial charge is 0.244 e. The second-order valence-electron chi connectivity index (χ2n) is 5.14. The van der Waals surface area contributed by atoms with E-state index in [0.717, 1.165) is 16.8 Å². The third kappa shape index (κ3) is 2.34. The molecule has 23 heavy (non-hydrogen) atoms. The number of hydrogen-bond donors (Lipinski definition) is 2. The van der Waals surface area contributed by atoms with E-state index in [2.05, 4.69) is 16.3 Å². The number of methoxy groups -OCH3 is 2. The zero-order chi connectivity index (χ0) is 16.6. The maximum atomic E-state index is 9.54. The van der Waals surface area contributed by atoms with Gasteiger partial charge >= 0.3 is 0 Å². The lowest BCUT2D eigenvalue weighted by Gasteiger charge is -2.24. The van der Waals surface area contributed by atoms with E-state index in [4.69, 9.17) is 19.9 Å². The number of nitriles is 1. The Morgan fingerprint density at radius 3 is 2.48 bits per heavy atom. The highest BCUT2D eigenvalue weighted by Gasteiger charge is 2.34. The van der Waals surface area contributed by atoms with E-state index in [1.807, 2.05) is 19.1 Å². The van der Waals surface area contributed by atoms with Crippen LogP contribution >= 0.6 is 0 Å². The first-order valence-corrected chi connectivity index (χ1v) is 6.94. The van der Waals surface area contributed by atoms with Gasteiger partial charge in [-0.2, -0.15) is 5.26 Å².